The molecule has 2 aromatic carbocycles. The van der Waals surface area contributed by atoms with E-state index in [1.807, 2.05) is 32.0 Å². The summed E-state index contributed by atoms with van der Waals surface area (Å²) in [6, 6.07) is 9.86. The van der Waals surface area contributed by atoms with Gasteiger partial charge in [0.1, 0.15) is 0 Å². The summed E-state index contributed by atoms with van der Waals surface area (Å²) in [5, 5.41) is 3.11. The van der Waals surface area contributed by atoms with E-state index >= 15 is 0 Å². The molecule has 2 aromatic rings. The quantitative estimate of drug-likeness (QED) is 0.815. The second-order valence-electron chi connectivity index (χ2n) is 5.31. The highest BCUT2D eigenvalue weighted by molar-refractivity contribution is 5.53. The lowest BCUT2D eigenvalue weighted by molar-refractivity contribution is -0.137. The molecule has 0 heterocycles. The molecule has 0 spiro atoms. The monoisotopic (exact) mass is 293 g/mol. The van der Waals surface area contributed by atoms with Gasteiger partial charge in [-0.15, -0.1) is 0 Å². The second-order valence-corrected chi connectivity index (χ2v) is 5.31. The third-order valence-corrected chi connectivity index (χ3v) is 3.54. The van der Waals surface area contributed by atoms with Gasteiger partial charge in [0, 0.05) is 12.2 Å². The summed E-state index contributed by atoms with van der Waals surface area (Å²) >= 11 is 0. The topological polar surface area (TPSA) is 12.0 Å². The Balaban J connectivity index is 2.22. The van der Waals surface area contributed by atoms with Crippen LogP contribution >= 0.6 is 0 Å². The molecule has 0 radical (unpaired) electrons. The average Bonchev–Trinajstić information content (AvgIpc) is 2.40. The molecule has 0 amide bonds. The van der Waals surface area contributed by atoms with E-state index in [0.29, 0.717) is 12.2 Å². The fraction of sp³-hybridized carbons (Fsp3) is 0.294. The molecule has 0 unspecified atom stereocenters. The van der Waals surface area contributed by atoms with E-state index in [1.54, 1.807) is 6.92 Å². The van der Waals surface area contributed by atoms with Gasteiger partial charge in [0.05, 0.1) is 5.56 Å². The van der Waals surface area contributed by atoms with Crippen molar-refractivity contribution < 1.29 is 13.2 Å². The van der Waals surface area contributed by atoms with E-state index in [4.69, 9.17) is 0 Å². The zero-order valence-electron chi connectivity index (χ0n) is 12.3. The summed E-state index contributed by atoms with van der Waals surface area (Å²) in [7, 11) is 0. The zero-order valence-corrected chi connectivity index (χ0v) is 12.3. The van der Waals surface area contributed by atoms with Gasteiger partial charge in [-0.3, -0.25) is 0 Å². The van der Waals surface area contributed by atoms with Crippen LogP contribution in [-0.2, 0) is 12.7 Å². The Bertz CT molecular complexity index is 645. The van der Waals surface area contributed by atoms with Crippen LogP contribution in [0.25, 0.3) is 0 Å². The van der Waals surface area contributed by atoms with Crippen molar-refractivity contribution in [2.45, 2.75) is 33.5 Å². The van der Waals surface area contributed by atoms with Crippen LogP contribution in [0.2, 0.25) is 0 Å². The number of nitrogens with one attached hydrogen (secondary N) is 1. The summed E-state index contributed by atoms with van der Waals surface area (Å²) in [5.74, 6) is 0. The molecule has 0 aliphatic rings. The number of halogens is 3. The molecule has 0 aromatic heterocycles. The van der Waals surface area contributed by atoms with E-state index < -0.39 is 11.7 Å². The highest BCUT2D eigenvalue weighted by atomic mass is 19.4. The van der Waals surface area contributed by atoms with Crippen molar-refractivity contribution >= 4 is 5.69 Å². The average molecular weight is 293 g/mol. The highest BCUT2D eigenvalue weighted by Crippen LogP contribution is 2.32. The minimum atomic E-state index is -4.32. The van der Waals surface area contributed by atoms with Crippen LogP contribution in [0.5, 0.6) is 0 Å². The lowest BCUT2D eigenvalue weighted by Gasteiger charge is -2.14. The predicted molar refractivity (Wildman–Crippen MR) is 79.4 cm³/mol. The van der Waals surface area contributed by atoms with Crippen LogP contribution in [0.15, 0.2) is 36.4 Å². The molecule has 4 heteroatoms. The summed E-state index contributed by atoms with van der Waals surface area (Å²) in [4.78, 5) is 0. The molecule has 112 valence electrons. The summed E-state index contributed by atoms with van der Waals surface area (Å²) in [6.45, 7) is 6.30. The number of hydrogen-bond acceptors (Lipinski definition) is 1. The number of rotatable bonds is 3. The van der Waals surface area contributed by atoms with Crippen molar-refractivity contribution in [2.75, 3.05) is 5.32 Å². The Kier molecular flexibility index (Phi) is 4.26. The van der Waals surface area contributed by atoms with Crippen LogP contribution in [-0.4, -0.2) is 0 Å². The van der Waals surface area contributed by atoms with E-state index in [2.05, 4.69) is 5.32 Å². The fourth-order valence-corrected chi connectivity index (χ4v) is 2.17. The van der Waals surface area contributed by atoms with Gasteiger partial charge in [-0.2, -0.15) is 13.2 Å². The van der Waals surface area contributed by atoms with Gasteiger partial charge in [0.25, 0.3) is 0 Å². The Morgan fingerprint density at radius 1 is 0.905 bits per heavy atom. The van der Waals surface area contributed by atoms with Crippen molar-refractivity contribution in [1.82, 2.24) is 0 Å². The Morgan fingerprint density at radius 3 is 2.24 bits per heavy atom. The zero-order chi connectivity index (χ0) is 15.6. The Morgan fingerprint density at radius 2 is 1.57 bits per heavy atom. The van der Waals surface area contributed by atoms with Gasteiger partial charge >= 0.3 is 6.18 Å². The maximum atomic E-state index is 12.8. The molecule has 0 aliphatic carbocycles. The van der Waals surface area contributed by atoms with Crippen molar-refractivity contribution in [3.8, 4) is 0 Å². The van der Waals surface area contributed by atoms with Crippen molar-refractivity contribution in [2.24, 2.45) is 0 Å². The standard InChI is InChI=1S/C17H18F3N/c1-11-4-5-12(2)14(8-11)10-21-16-9-15(17(18,19)20)7-6-13(16)3/h4-9,21H,10H2,1-3H3. The molecule has 1 N–H and O–H groups in total. The molecule has 0 saturated heterocycles. The number of benzene rings is 2. The van der Waals surface area contributed by atoms with E-state index in [1.165, 1.54) is 12.1 Å². The molecule has 2 rings (SSSR count). The van der Waals surface area contributed by atoms with Crippen molar-refractivity contribution in [1.29, 1.82) is 0 Å². The van der Waals surface area contributed by atoms with E-state index in [0.717, 1.165) is 28.3 Å². The Hall–Kier alpha value is -1.97. The maximum Gasteiger partial charge on any atom is 0.416 e. The molecular weight excluding hydrogens is 275 g/mol. The van der Waals surface area contributed by atoms with Crippen LogP contribution in [0.4, 0.5) is 18.9 Å². The molecule has 0 bridgehead atoms. The number of alkyl halides is 3. The molecule has 0 atom stereocenters. The summed E-state index contributed by atoms with van der Waals surface area (Å²) < 4.78 is 38.3. The van der Waals surface area contributed by atoms with Gasteiger partial charge < -0.3 is 5.32 Å². The molecule has 1 nitrogen and oxygen atoms in total. The normalized spacial score (nSPS) is 11.5. The minimum Gasteiger partial charge on any atom is -0.381 e. The van der Waals surface area contributed by atoms with Crippen LogP contribution in [0.1, 0.15) is 27.8 Å². The lowest BCUT2D eigenvalue weighted by atomic mass is 10.0. The smallest absolute Gasteiger partial charge is 0.381 e. The van der Waals surface area contributed by atoms with Crippen LogP contribution in [0, 0.1) is 20.8 Å². The van der Waals surface area contributed by atoms with Crippen molar-refractivity contribution in [3.63, 3.8) is 0 Å². The van der Waals surface area contributed by atoms with Crippen LogP contribution < -0.4 is 5.32 Å². The van der Waals surface area contributed by atoms with Gasteiger partial charge in [-0.05, 0) is 49.6 Å². The minimum absolute atomic E-state index is 0.510. The SMILES string of the molecule is Cc1ccc(C)c(CNc2cc(C(F)(F)F)ccc2C)c1. The Labute approximate surface area is 122 Å². The van der Waals surface area contributed by atoms with Crippen LogP contribution in [0.3, 0.4) is 0 Å². The first-order valence-corrected chi connectivity index (χ1v) is 6.75. The van der Waals surface area contributed by atoms with Gasteiger partial charge in [-0.25, -0.2) is 0 Å². The lowest BCUT2D eigenvalue weighted by Crippen LogP contribution is -2.08. The predicted octanol–water partition coefficient (Wildman–Crippen LogP) is 5.24. The molecule has 0 aliphatic heterocycles. The molecule has 21 heavy (non-hydrogen) atoms. The number of hydrogen-bond donors (Lipinski definition) is 1. The fourth-order valence-electron chi connectivity index (χ4n) is 2.17. The summed E-state index contributed by atoms with van der Waals surface area (Å²) in [5.41, 5.74) is 4.04. The van der Waals surface area contributed by atoms with Gasteiger partial charge in [0.2, 0.25) is 0 Å². The third-order valence-electron chi connectivity index (χ3n) is 3.54. The van der Waals surface area contributed by atoms with E-state index in [-0.39, 0.29) is 0 Å². The molecule has 0 saturated carbocycles. The largest absolute Gasteiger partial charge is 0.416 e. The van der Waals surface area contributed by atoms with Gasteiger partial charge in [-0.1, -0.05) is 29.8 Å². The highest BCUT2D eigenvalue weighted by Gasteiger charge is 2.30. The maximum absolute atomic E-state index is 12.8. The number of aryl methyl sites for hydroxylation is 3. The number of anilines is 1. The second kappa shape index (κ2) is 5.80. The first kappa shape index (κ1) is 15.4. The first-order valence-electron chi connectivity index (χ1n) is 6.75. The molecular formula is C17H18F3N. The van der Waals surface area contributed by atoms with Gasteiger partial charge in [0.15, 0.2) is 0 Å². The summed E-state index contributed by atoms with van der Waals surface area (Å²) in [6.07, 6.45) is -4.32. The third kappa shape index (κ3) is 3.78. The van der Waals surface area contributed by atoms with E-state index in [9.17, 15) is 13.2 Å². The first-order chi connectivity index (χ1) is 9.77. The van der Waals surface area contributed by atoms with Crippen molar-refractivity contribution in [3.05, 3.63) is 64.2 Å². The molecule has 0 fully saturated rings.